The smallest absolute Gasteiger partial charge is 0.128 e. The summed E-state index contributed by atoms with van der Waals surface area (Å²) in [4.78, 5) is 6.60. The molecule has 0 radical (unpaired) electrons. The lowest BCUT2D eigenvalue weighted by atomic mass is 9.94. The Bertz CT molecular complexity index is 286. The molecule has 14 heavy (non-hydrogen) atoms. The molecule has 1 saturated heterocycles. The summed E-state index contributed by atoms with van der Waals surface area (Å²) in [5.41, 5.74) is 6.04. The minimum Gasteiger partial charge on any atom is -0.355 e. The number of piperidine rings is 1. The quantitative estimate of drug-likeness (QED) is 0.726. The Morgan fingerprint density at radius 2 is 2.36 bits per heavy atom. The summed E-state index contributed by atoms with van der Waals surface area (Å²) in [6, 6.07) is 6.29. The molecule has 3 nitrogen and oxygen atoms in total. The van der Waals surface area contributed by atoms with Crippen LogP contribution in [0.15, 0.2) is 24.4 Å². The maximum Gasteiger partial charge on any atom is 0.128 e. The maximum absolute atomic E-state index is 6.04. The zero-order chi connectivity index (χ0) is 9.97. The van der Waals surface area contributed by atoms with Crippen LogP contribution in [-0.2, 0) is 0 Å². The van der Waals surface area contributed by atoms with Crippen LogP contribution < -0.4 is 10.6 Å². The van der Waals surface area contributed by atoms with Gasteiger partial charge >= 0.3 is 0 Å². The average molecular weight is 191 g/mol. The van der Waals surface area contributed by atoms with Gasteiger partial charge in [0.25, 0.3) is 0 Å². The molecule has 1 aromatic heterocycles. The molecule has 1 fully saturated rings. The first-order valence-corrected chi connectivity index (χ1v) is 5.19. The van der Waals surface area contributed by atoms with Crippen molar-refractivity contribution < 1.29 is 0 Å². The van der Waals surface area contributed by atoms with Crippen LogP contribution in [0.1, 0.15) is 13.3 Å². The van der Waals surface area contributed by atoms with Crippen molar-refractivity contribution >= 4 is 5.82 Å². The van der Waals surface area contributed by atoms with E-state index in [9.17, 15) is 0 Å². The van der Waals surface area contributed by atoms with Crippen LogP contribution >= 0.6 is 0 Å². The van der Waals surface area contributed by atoms with E-state index in [0.29, 0.717) is 5.92 Å². The third-order valence-electron chi connectivity index (χ3n) is 2.99. The predicted octanol–water partition coefficient (Wildman–Crippen LogP) is 1.26. The molecule has 2 atom stereocenters. The normalized spacial score (nSPS) is 27.7. The van der Waals surface area contributed by atoms with E-state index in [-0.39, 0.29) is 6.04 Å². The van der Waals surface area contributed by atoms with Crippen LogP contribution in [-0.4, -0.2) is 24.1 Å². The van der Waals surface area contributed by atoms with Gasteiger partial charge in [-0.25, -0.2) is 4.98 Å². The van der Waals surface area contributed by atoms with Crippen molar-refractivity contribution in [3.8, 4) is 0 Å². The van der Waals surface area contributed by atoms with Crippen molar-refractivity contribution in [3.05, 3.63) is 24.4 Å². The molecule has 2 rings (SSSR count). The van der Waals surface area contributed by atoms with Gasteiger partial charge in [-0.05, 0) is 24.5 Å². The van der Waals surface area contributed by atoms with Crippen molar-refractivity contribution in [1.29, 1.82) is 0 Å². The molecule has 1 aromatic rings. The molecule has 2 heterocycles. The molecule has 0 aliphatic carbocycles. The summed E-state index contributed by atoms with van der Waals surface area (Å²) < 4.78 is 0. The Balaban J connectivity index is 2.07. The molecule has 2 unspecified atom stereocenters. The fraction of sp³-hybridized carbons (Fsp3) is 0.545. The zero-order valence-corrected chi connectivity index (χ0v) is 8.56. The van der Waals surface area contributed by atoms with E-state index in [0.717, 1.165) is 25.3 Å². The van der Waals surface area contributed by atoms with Gasteiger partial charge in [0.2, 0.25) is 0 Å². The van der Waals surface area contributed by atoms with Gasteiger partial charge in [-0.3, -0.25) is 0 Å². The van der Waals surface area contributed by atoms with E-state index < -0.39 is 0 Å². The predicted molar refractivity (Wildman–Crippen MR) is 58.2 cm³/mol. The third kappa shape index (κ3) is 1.87. The molecule has 1 aliphatic rings. The van der Waals surface area contributed by atoms with Crippen molar-refractivity contribution in [2.45, 2.75) is 19.4 Å². The van der Waals surface area contributed by atoms with E-state index in [1.54, 1.807) is 0 Å². The SMILES string of the molecule is CC1CCN(c2ccccn2)CC1N. The largest absolute Gasteiger partial charge is 0.355 e. The summed E-state index contributed by atoms with van der Waals surface area (Å²) in [5.74, 6) is 1.69. The number of hydrogen-bond donors (Lipinski definition) is 1. The molecule has 0 amide bonds. The van der Waals surface area contributed by atoms with Crippen LogP contribution in [0.4, 0.5) is 5.82 Å². The number of pyridine rings is 1. The van der Waals surface area contributed by atoms with Crippen LogP contribution in [0.2, 0.25) is 0 Å². The lowest BCUT2D eigenvalue weighted by molar-refractivity contribution is 0.378. The van der Waals surface area contributed by atoms with Gasteiger partial charge in [-0.1, -0.05) is 13.0 Å². The fourth-order valence-corrected chi connectivity index (χ4v) is 1.85. The first-order chi connectivity index (χ1) is 6.77. The highest BCUT2D eigenvalue weighted by atomic mass is 15.2. The second-order valence-corrected chi connectivity index (χ2v) is 4.06. The summed E-state index contributed by atoms with van der Waals surface area (Å²) in [7, 11) is 0. The second-order valence-electron chi connectivity index (χ2n) is 4.06. The molecule has 0 bridgehead atoms. The van der Waals surface area contributed by atoms with Crippen molar-refractivity contribution in [2.24, 2.45) is 11.7 Å². The first-order valence-electron chi connectivity index (χ1n) is 5.19. The molecule has 0 spiro atoms. The summed E-state index contributed by atoms with van der Waals surface area (Å²) >= 11 is 0. The lowest BCUT2D eigenvalue weighted by Crippen LogP contribution is -2.47. The van der Waals surface area contributed by atoms with Crippen molar-refractivity contribution in [2.75, 3.05) is 18.0 Å². The van der Waals surface area contributed by atoms with Gasteiger partial charge in [-0.15, -0.1) is 0 Å². The van der Waals surface area contributed by atoms with Gasteiger partial charge in [0.05, 0.1) is 0 Å². The number of aromatic nitrogens is 1. The average Bonchev–Trinajstić information content (AvgIpc) is 2.23. The zero-order valence-electron chi connectivity index (χ0n) is 8.56. The summed E-state index contributed by atoms with van der Waals surface area (Å²) in [5, 5.41) is 0. The number of nitrogens with two attached hydrogens (primary N) is 1. The van der Waals surface area contributed by atoms with Gasteiger partial charge in [0, 0.05) is 25.3 Å². The van der Waals surface area contributed by atoms with Crippen molar-refractivity contribution in [1.82, 2.24) is 4.98 Å². The Hall–Kier alpha value is -1.09. The Kier molecular flexibility index (Phi) is 2.68. The van der Waals surface area contributed by atoms with E-state index in [1.165, 1.54) is 0 Å². The Morgan fingerprint density at radius 3 is 3.00 bits per heavy atom. The summed E-state index contributed by atoms with van der Waals surface area (Å²) in [6.07, 6.45) is 3.00. The van der Waals surface area contributed by atoms with E-state index in [2.05, 4.69) is 16.8 Å². The fourth-order valence-electron chi connectivity index (χ4n) is 1.85. The molecular weight excluding hydrogens is 174 g/mol. The van der Waals surface area contributed by atoms with E-state index in [4.69, 9.17) is 5.73 Å². The molecule has 0 aromatic carbocycles. The van der Waals surface area contributed by atoms with Gasteiger partial charge < -0.3 is 10.6 Å². The highest BCUT2D eigenvalue weighted by molar-refractivity contribution is 5.38. The van der Waals surface area contributed by atoms with Gasteiger partial charge in [0.15, 0.2) is 0 Å². The molecule has 1 aliphatic heterocycles. The van der Waals surface area contributed by atoms with E-state index in [1.807, 2.05) is 24.4 Å². The topological polar surface area (TPSA) is 42.2 Å². The molecular formula is C11H17N3. The van der Waals surface area contributed by atoms with Crippen molar-refractivity contribution in [3.63, 3.8) is 0 Å². The van der Waals surface area contributed by atoms with E-state index >= 15 is 0 Å². The molecule has 3 heteroatoms. The molecule has 2 N–H and O–H groups in total. The minimum atomic E-state index is 0.283. The van der Waals surface area contributed by atoms with Crippen LogP contribution in [0, 0.1) is 5.92 Å². The number of nitrogens with zero attached hydrogens (tertiary/aromatic N) is 2. The highest BCUT2D eigenvalue weighted by Gasteiger charge is 2.23. The minimum absolute atomic E-state index is 0.283. The highest BCUT2D eigenvalue weighted by Crippen LogP contribution is 2.19. The molecule has 76 valence electrons. The third-order valence-corrected chi connectivity index (χ3v) is 2.99. The van der Waals surface area contributed by atoms with Crippen LogP contribution in [0.25, 0.3) is 0 Å². The maximum atomic E-state index is 6.04. The second kappa shape index (κ2) is 3.96. The van der Waals surface area contributed by atoms with Crippen LogP contribution in [0.3, 0.4) is 0 Å². The number of hydrogen-bond acceptors (Lipinski definition) is 3. The number of anilines is 1. The van der Waals surface area contributed by atoms with Gasteiger partial charge in [-0.2, -0.15) is 0 Å². The number of rotatable bonds is 1. The van der Waals surface area contributed by atoms with Gasteiger partial charge in [0.1, 0.15) is 5.82 Å². The monoisotopic (exact) mass is 191 g/mol. The Morgan fingerprint density at radius 1 is 1.50 bits per heavy atom. The first kappa shape index (κ1) is 9.46. The van der Waals surface area contributed by atoms with Crippen LogP contribution in [0.5, 0.6) is 0 Å². The Labute approximate surface area is 84.9 Å². The lowest BCUT2D eigenvalue weighted by Gasteiger charge is -2.35. The molecule has 0 saturated carbocycles. The summed E-state index contributed by atoms with van der Waals surface area (Å²) in [6.45, 7) is 4.23. The standard InChI is InChI=1S/C11H17N3/c1-9-5-7-14(8-10(9)12)11-4-2-3-6-13-11/h2-4,6,9-10H,5,7-8,12H2,1H3.